The number of rotatable bonds is 8. The van der Waals surface area contributed by atoms with Crippen LogP contribution >= 0.6 is 0 Å². The average molecular weight is 393 g/mol. The number of ether oxygens (including phenoxy) is 2. The number of para-hydroxylation sites is 1. The van der Waals surface area contributed by atoms with Gasteiger partial charge in [-0.2, -0.15) is 5.10 Å². The minimum atomic E-state index is 0.527. The van der Waals surface area contributed by atoms with Crippen molar-refractivity contribution in [3.05, 3.63) is 72.1 Å². The first-order valence-corrected chi connectivity index (χ1v) is 9.56. The first kappa shape index (κ1) is 20.3. The summed E-state index contributed by atoms with van der Waals surface area (Å²) in [7, 11) is 3.33. The van der Waals surface area contributed by atoms with Crippen LogP contribution < -0.4 is 20.1 Å². The molecule has 0 aliphatic rings. The third kappa shape index (κ3) is 5.51. The van der Waals surface area contributed by atoms with Gasteiger partial charge in [-0.3, -0.25) is 0 Å². The lowest BCUT2D eigenvalue weighted by molar-refractivity contribution is 0.410. The van der Waals surface area contributed by atoms with Crippen LogP contribution in [0.5, 0.6) is 11.5 Å². The lowest BCUT2D eigenvalue weighted by atomic mass is 10.2. The maximum Gasteiger partial charge on any atom is 0.191 e. The fraction of sp³-hybridized carbons (Fsp3) is 0.273. The highest BCUT2D eigenvalue weighted by Gasteiger charge is 2.05. The van der Waals surface area contributed by atoms with E-state index in [4.69, 9.17) is 9.47 Å². The standard InChI is InChI=1S/C22H27N5O2/c1-4-23-22(24-15-17-7-5-6-8-21(17)29-3)25-16-18-13-14-27(26-18)19-9-11-20(28-2)12-10-19/h5-14H,4,15-16H2,1-3H3,(H2,23,24,25). The topological polar surface area (TPSA) is 72.7 Å². The summed E-state index contributed by atoms with van der Waals surface area (Å²) in [6, 6.07) is 17.7. The number of benzene rings is 2. The van der Waals surface area contributed by atoms with Gasteiger partial charge in [0.15, 0.2) is 5.96 Å². The van der Waals surface area contributed by atoms with Crippen LogP contribution in [0.2, 0.25) is 0 Å². The van der Waals surface area contributed by atoms with E-state index < -0.39 is 0 Å². The van der Waals surface area contributed by atoms with Crippen molar-refractivity contribution in [3.8, 4) is 17.2 Å². The second-order valence-corrected chi connectivity index (χ2v) is 6.31. The first-order valence-electron chi connectivity index (χ1n) is 9.56. The van der Waals surface area contributed by atoms with Gasteiger partial charge in [0, 0.05) is 18.3 Å². The number of methoxy groups -OCH3 is 2. The van der Waals surface area contributed by atoms with E-state index in [0.717, 1.165) is 40.9 Å². The summed E-state index contributed by atoms with van der Waals surface area (Å²) in [4.78, 5) is 4.66. The number of nitrogens with one attached hydrogen (secondary N) is 2. The molecular weight excluding hydrogens is 366 g/mol. The van der Waals surface area contributed by atoms with E-state index in [-0.39, 0.29) is 0 Å². The molecule has 29 heavy (non-hydrogen) atoms. The molecular formula is C22H27N5O2. The Morgan fingerprint density at radius 3 is 2.52 bits per heavy atom. The molecule has 0 saturated carbocycles. The minimum Gasteiger partial charge on any atom is -0.497 e. The van der Waals surface area contributed by atoms with Crippen LogP contribution in [0.4, 0.5) is 0 Å². The predicted octanol–water partition coefficient (Wildman–Crippen LogP) is 3.14. The Bertz CT molecular complexity index is 934. The quantitative estimate of drug-likeness (QED) is 0.454. The van der Waals surface area contributed by atoms with Gasteiger partial charge < -0.3 is 20.1 Å². The third-order valence-electron chi connectivity index (χ3n) is 4.36. The molecule has 1 heterocycles. The van der Waals surface area contributed by atoms with E-state index in [2.05, 4.69) is 20.7 Å². The predicted molar refractivity (Wildman–Crippen MR) is 115 cm³/mol. The molecule has 0 saturated heterocycles. The molecule has 2 aromatic carbocycles. The van der Waals surface area contributed by atoms with Crippen LogP contribution in [-0.4, -0.2) is 36.5 Å². The van der Waals surface area contributed by atoms with Crippen molar-refractivity contribution in [2.45, 2.75) is 20.0 Å². The SMILES string of the molecule is CCNC(=NCc1ccccc1OC)NCc1ccn(-c2ccc(OC)cc2)n1. The highest BCUT2D eigenvalue weighted by atomic mass is 16.5. The molecule has 0 amide bonds. The zero-order chi connectivity index (χ0) is 20.5. The van der Waals surface area contributed by atoms with Crippen molar-refractivity contribution in [1.82, 2.24) is 20.4 Å². The Morgan fingerprint density at radius 1 is 1.00 bits per heavy atom. The van der Waals surface area contributed by atoms with Crippen molar-refractivity contribution < 1.29 is 9.47 Å². The minimum absolute atomic E-state index is 0.527. The Kier molecular flexibility index (Phi) is 7.10. The van der Waals surface area contributed by atoms with Crippen molar-refractivity contribution in [3.63, 3.8) is 0 Å². The Morgan fingerprint density at radius 2 is 1.79 bits per heavy atom. The number of aliphatic imine (C=N–C) groups is 1. The van der Waals surface area contributed by atoms with Crippen molar-refractivity contribution in [2.75, 3.05) is 20.8 Å². The van der Waals surface area contributed by atoms with Gasteiger partial charge in [0.25, 0.3) is 0 Å². The summed E-state index contributed by atoms with van der Waals surface area (Å²) in [5.74, 6) is 2.40. The molecule has 0 bridgehead atoms. The van der Waals surface area contributed by atoms with Gasteiger partial charge in [-0.25, -0.2) is 9.67 Å². The Labute approximate surface area is 171 Å². The number of aromatic nitrogens is 2. The van der Waals surface area contributed by atoms with Crippen LogP contribution in [0.25, 0.3) is 5.69 Å². The smallest absolute Gasteiger partial charge is 0.191 e. The molecule has 3 aromatic rings. The summed E-state index contributed by atoms with van der Waals surface area (Å²) >= 11 is 0. The maximum absolute atomic E-state index is 5.40. The molecule has 152 valence electrons. The first-order chi connectivity index (χ1) is 14.2. The van der Waals surface area contributed by atoms with Crippen LogP contribution in [0.3, 0.4) is 0 Å². The highest BCUT2D eigenvalue weighted by Crippen LogP contribution is 2.18. The van der Waals surface area contributed by atoms with E-state index in [1.165, 1.54) is 0 Å². The van der Waals surface area contributed by atoms with E-state index >= 15 is 0 Å². The fourth-order valence-electron chi connectivity index (χ4n) is 2.85. The molecule has 7 heteroatoms. The van der Waals surface area contributed by atoms with E-state index in [0.29, 0.717) is 13.1 Å². The number of hydrogen-bond donors (Lipinski definition) is 2. The van der Waals surface area contributed by atoms with Gasteiger partial charge in [-0.05, 0) is 43.3 Å². The summed E-state index contributed by atoms with van der Waals surface area (Å²) in [6.45, 7) is 3.91. The van der Waals surface area contributed by atoms with E-state index in [1.807, 2.05) is 72.4 Å². The van der Waals surface area contributed by atoms with Gasteiger partial charge >= 0.3 is 0 Å². The average Bonchev–Trinajstić information content (AvgIpc) is 3.25. The molecule has 0 atom stereocenters. The second-order valence-electron chi connectivity index (χ2n) is 6.31. The molecule has 0 spiro atoms. The maximum atomic E-state index is 5.40. The van der Waals surface area contributed by atoms with Crippen LogP contribution in [0.1, 0.15) is 18.2 Å². The summed E-state index contributed by atoms with van der Waals surface area (Å²) in [6.07, 6.45) is 1.94. The summed E-state index contributed by atoms with van der Waals surface area (Å²) in [5, 5.41) is 11.2. The summed E-state index contributed by atoms with van der Waals surface area (Å²) in [5.41, 5.74) is 2.94. The van der Waals surface area contributed by atoms with Gasteiger partial charge in [-0.1, -0.05) is 18.2 Å². The molecule has 2 N–H and O–H groups in total. The zero-order valence-electron chi connectivity index (χ0n) is 17.1. The number of hydrogen-bond acceptors (Lipinski definition) is 4. The van der Waals surface area contributed by atoms with Gasteiger partial charge in [0.2, 0.25) is 0 Å². The molecule has 3 rings (SSSR count). The van der Waals surface area contributed by atoms with Gasteiger partial charge in [-0.15, -0.1) is 0 Å². The van der Waals surface area contributed by atoms with Crippen molar-refractivity contribution >= 4 is 5.96 Å². The lowest BCUT2D eigenvalue weighted by Crippen LogP contribution is -2.36. The molecule has 0 aliphatic heterocycles. The van der Waals surface area contributed by atoms with Gasteiger partial charge in [0.1, 0.15) is 11.5 Å². The molecule has 0 unspecified atom stereocenters. The molecule has 0 radical (unpaired) electrons. The monoisotopic (exact) mass is 393 g/mol. The normalized spacial score (nSPS) is 11.2. The molecule has 0 fully saturated rings. The van der Waals surface area contributed by atoms with Crippen LogP contribution in [0, 0.1) is 0 Å². The number of nitrogens with zero attached hydrogens (tertiary/aromatic N) is 3. The van der Waals surface area contributed by atoms with Gasteiger partial charge in [0.05, 0.1) is 38.7 Å². The number of guanidine groups is 1. The lowest BCUT2D eigenvalue weighted by Gasteiger charge is -2.11. The third-order valence-corrected chi connectivity index (χ3v) is 4.36. The fourth-order valence-corrected chi connectivity index (χ4v) is 2.85. The second kappa shape index (κ2) is 10.2. The highest BCUT2D eigenvalue weighted by molar-refractivity contribution is 5.79. The molecule has 7 nitrogen and oxygen atoms in total. The Balaban J connectivity index is 1.63. The van der Waals surface area contributed by atoms with Crippen LogP contribution in [0.15, 0.2) is 65.8 Å². The summed E-state index contributed by atoms with van der Waals surface area (Å²) < 4.78 is 12.4. The molecule has 0 aliphatic carbocycles. The largest absolute Gasteiger partial charge is 0.497 e. The zero-order valence-corrected chi connectivity index (χ0v) is 17.1. The Hall–Kier alpha value is -3.48. The van der Waals surface area contributed by atoms with E-state index in [1.54, 1.807) is 14.2 Å². The van der Waals surface area contributed by atoms with Crippen molar-refractivity contribution in [2.24, 2.45) is 4.99 Å². The van der Waals surface area contributed by atoms with E-state index in [9.17, 15) is 0 Å². The molecule has 1 aromatic heterocycles. The van der Waals surface area contributed by atoms with Crippen molar-refractivity contribution in [1.29, 1.82) is 0 Å². The van der Waals surface area contributed by atoms with Crippen LogP contribution in [-0.2, 0) is 13.1 Å².